The van der Waals surface area contributed by atoms with Crippen molar-refractivity contribution < 1.29 is 38.1 Å². The quantitative estimate of drug-likeness (QED) is 0.0168. The molecular formula is C91H96Cl4N18O8S4. The first-order valence-corrected chi connectivity index (χ1v) is 45.0. The third-order valence-electron chi connectivity index (χ3n) is 19.4. The topological polar surface area (TPSA) is 361 Å². The van der Waals surface area contributed by atoms with Crippen molar-refractivity contribution in [3.63, 3.8) is 0 Å². The highest BCUT2D eigenvalue weighted by molar-refractivity contribution is 7.15. The van der Waals surface area contributed by atoms with Crippen LogP contribution in [0.15, 0.2) is 201 Å². The van der Waals surface area contributed by atoms with Gasteiger partial charge in [-0.1, -0.05) is 101 Å². The van der Waals surface area contributed by atoms with Gasteiger partial charge in [0.1, 0.15) is 23.3 Å². The van der Waals surface area contributed by atoms with Crippen molar-refractivity contribution in [2.75, 3.05) is 70.0 Å². The van der Waals surface area contributed by atoms with Crippen molar-refractivity contribution in [1.82, 2.24) is 70.6 Å². The largest absolute Gasteiger partial charge is 0.383 e. The molecule has 0 saturated carbocycles. The molecule has 0 aliphatic carbocycles. The summed E-state index contributed by atoms with van der Waals surface area (Å²) in [7, 11) is 6.03. The summed E-state index contributed by atoms with van der Waals surface area (Å²) in [6.07, 6.45) is 22.6. The van der Waals surface area contributed by atoms with Gasteiger partial charge in [-0.05, 0) is 206 Å². The van der Waals surface area contributed by atoms with E-state index < -0.39 is 0 Å². The number of thiophene rings is 4. The van der Waals surface area contributed by atoms with Crippen LogP contribution in [-0.2, 0) is 98.0 Å². The number of anilines is 4. The molecule has 15 rings (SSSR count). The fraction of sp³-hybridized carbons (Fsp3) is 0.264. The number of benzene rings is 4. The molecule has 0 bridgehead atoms. The van der Waals surface area contributed by atoms with E-state index in [-0.39, 0.29) is 23.6 Å². The maximum Gasteiger partial charge on any atom is 0.261 e. The van der Waals surface area contributed by atoms with Crippen LogP contribution in [0.3, 0.4) is 0 Å². The van der Waals surface area contributed by atoms with E-state index in [9.17, 15) is 19.2 Å². The van der Waals surface area contributed by atoms with Gasteiger partial charge in [0.2, 0.25) is 0 Å². The molecule has 26 nitrogen and oxygen atoms in total. The first-order chi connectivity index (χ1) is 60.6. The number of unbranched alkanes of at least 4 members (excludes halogenated alkanes) is 1. The molecule has 0 atom stereocenters. The van der Waals surface area contributed by atoms with Gasteiger partial charge in [-0.3, -0.25) is 33.5 Å². The number of fused-ring (bicyclic) bond motifs is 4. The molecule has 0 aliphatic heterocycles. The van der Waals surface area contributed by atoms with Gasteiger partial charge < -0.3 is 68.0 Å². The number of nitrogens with two attached hydrogens (primary N) is 4. The minimum atomic E-state index is -0.161. The van der Waals surface area contributed by atoms with Crippen molar-refractivity contribution in [3.05, 3.63) is 294 Å². The number of hydrogen-bond acceptors (Lipinski definition) is 24. The third kappa shape index (κ3) is 28.2. The number of nitrogens with zero attached hydrogens (tertiary/aromatic N) is 10. The normalized spacial score (nSPS) is 11.2. The summed E-state index contributed by atoms with van der Waals surface area (Å²) in [4.78, 5) is 78.8. The molecule has 125 heavy (non-hydrogen) atoms. The number of halogens is 4. The lowest BCUT2D eigenvalue weighted by Gasteiger charge is -2.08. The number of nitrogen functional groups attached to an aromatic ring is 4. The fourth-order valence-electron chi connectivity index (χ4n) is 12.9. The average Bonchev–Trinajstić information content (AvgIpc) is 1.80. The number of pyridine rings is 5. The Labute approximate surface area is 759 Å². The van der Waals surface area contributed by atoms with Gasteiger partial charge in [0.25, 0.3) is 23.6 Å². The van der Waals surface area contributed by atoms with Gasteiger partial charge in [0.15, 0.2) is 0 Å². The number of nitrogens with one attached hydrogen (secondary N) is 4. The second-order valence-corrected chi connectivity index (χ2v) is 35.3. The highest BCUT2D eigenvalue weighted by Crippen LogP contribution is 2.33. The molecule has 4 amide bonds. The minimum absolute atomic E-state index is 0.145. The van der Waals surface area contributed by atoms with Crippen molar-refractivity contribution in [3.8, 4) is 0 Å². The number of amides is 4. The van der Waals surface area contributed by atoms with Gasteiger partial charge in [0.05, 0.1) is 72.2 Å². The fourth-order valence-corrected chi connectivity index (χ4v) is 17.9. The summed E-state index contributed by atoms with van der Waals surface area (Å²) >= 11 is 30.7. The van der Waals surface area contributed by atoms with E-state index >= 15 is 0 Å². The Bertz CT molecular complexity index is 6090. The smallest absolute Gasteiger partial charge is 0.261 e. The molecule has 650 valence electrons. The Hall–Kier alpha value is -11.1. The number of aryl methyl sites for hydroxylation is 4. The van der Waals surface area contributed by atoms with Crippen LogP contribution in [0.5, 0.6) is 0 Å². The van der Waals surface area contributed by atoms with Crippen LogP contribution in [0.4, 0.5) is 23.3 Å². The molecule has 0 fully saturated rings. The summed E-state index contributed by atoms with van der Waals surface area (Å²) < 4.78 is 26.6. The molecule has 0 saturated heterocycles. The van der Waals surface area contributed by atoms with E-state index in [1.54, 1.807) is 66.1 Å². The lowest BCUT2D eigenvalue weighted by molar-refractivity contribution is 0.0947. The average molecular weight is 1840 g/mol. The molecule has 34 heteroatoms. The van der Waals surface area contributed by atoms with Gasteiger partial charge in [-0.15, -0.1) is 45.3 Å². The van der Waals surface area contributed by atoms with E-state index in [4.69, 9.17) is 88.3 Å². The second kappa shape index (κ2) is 47.3. The minimum Gasteiger partial charge on any atom is -0.383 e. The Morgan fingerprint density at radius 3 is 1.10 bits per heavy atom. The van der Waals surface area contributed by atoms with Crippen LogP contribution in [0.1, 0.15) is 124 Å². The van der Waals surface area contributed by atoms with Crippen molar-refractivity contribution >= 4 is 182 Å². The van der Waals surface area contributed by atoms with Crippen LogP contribution in [0, 0.1) is 0 Å². The van der Waals surface area contributed by atoms with E-state index in [2.05, 4.69) is 75.4 Å². The van der Waals surface area contributed by atoms with Crippen molar-refractivity contribution in [1.29, 1.82) is 0 Å². The molecule has 11 aromatic heterocycles. The second-order valence-electron chi connectivity index (χ2n) is 29.2. The SMILES string of the molecule is CN(C)CCCCOCc1sc(C(=O)NCc2ccc3c(N)nccc3c2)cc1Cl.Cn1cc(CCCOCc2sc(C(=O)NCc3ccc4c(N)nccc4c3)cc2Cl)cn1.Nc1nccc2cc(CNC(=O)c3cc(Cl)c(COCCCc4ccccn4)s3)ccc12.Nc1nccc2cc(CNC(=O)c3cc(Cl)c(COCCCn4cccn4)s3)ccc12. The zero-order valence-corrected chi connectivity index (χ0v) is 75.4. The molecule has 4 aromatic carbocycles. The summed E-state index contributed by atoms with van der Waals surface area (Å²) in [5.74, 6) is 1.37. The van der Waals surface area contributed by atoms with Crippen LogP contribution in [0.2, 0.25) is 20.1 Å². The van der Waals surface area contributed by atoms with Crippen LogP contribution in [0.25, 0.3) is 43.1 Å². The van der Waals surface area contributed by atoms with E-state index in [1.807, 2.05) is 152 Å². The number of carbonyl (C=O) groups is 4. The van der Waals surface area contributed by atoms with Crippen LogP contribution < -0.4 is 44.2 Å². The Morgan fingerprint density at radius 1 is 0.400 bits per heavy atom. The Balaban J connectivity index is 0.000000152. The number of hydrogen-bond donors (Lipinski definition) is 8. The van der Waals surface area contributed by atoms with Crippen molar-refractivity contribution in [2.24, 2.45) is 7.05 Å². The summed E-state index contributed by atoms with van der Waals surface area (Å²) in [6, 6.07) is 45.6. The molecule has 0 radical (unpaired) electrons. The number of rotatable bonds is 37. The zero-order chi connectivity index (χ0) is 88.0. The summed E-state index contributed by atoms with van der Waals surface area (Å²) in [5.41, 5.74) is 29.7. The third-order valence-corrected chi connectivity index (χ3v) is 25.7. The summed E-state index contributed by atoms with van der Waals surface area (Å²) in [6.45, 7) is 7.60. The van der Waals surface area contributed by atoms with Gasteiger partial charge >= 0.3 is 0 Å². The zero-order valence-electron chi connectivity index (χ0n) is 69.1. The monoisotopic (exact) mass is 1840 g/mol. The lowest BCUT2D eigenvalue weighted by Crippen LogP contribution is -2.21. The number of carbonyl (C=O) groups excluding carboxylic acids is 4. The predicted molar refractivity (Wildman–Crippen MR) is 504 cm³/mol. The molecular weight excluding hydrogens is 1740 g/mol. The first kappa shape index (κ1) is 93.1. The van der Waals surface area contributed by atoms with Gasteiger partial charge in [0, 0.05) is 163 Å². The molecule has 15 aromatic rings. The van der Waals surface area contributed by atoms with Crippen LogP contribution in [-0.4, -0.2) is 120 Å². The molecule has 12 N–H and O–H groups in total. The highest BCUT2D eigenvalue weighted by Gasteiger charge is 2.20. The van der Waals surface area contributed by atoms with E-state index in [0.717, 1.165) is 149 Å². The molecule has 0 unspecified atom stereocenters. The van der Waals surface area contributed by atoms with Crippen LogP contribution >= 0.6 is 91.8 Å². The van der Waals surface area contributed by atoms with Gasteiger partial charge in [-0.2, -0.15) is 10.2 Å². The van der Waals surface area contributed by atoms with Crippen molar-refractivity contribution in [2.45, 2.75) is 104 Å². The van der Waals surface area contributed by atoms with E-state index in [0.29, 0.717) is 142 Å². The first-order valence-electron chi connectivity index (χ1n) is 40.2. The maximum absolute atomic E-state index is 12.6. The lowest BCUT2D eigenvalue weighted by atomic mass is 10.1. The highest BCUT2D eigenvalue weighted by atomic mass is 35.5. The number of aromatic nitrogens is 9. The standard InChI is InChI=1S/C24H23ClN4O2S.C23H24ClN5O2S.C22H22ClN5O2S.C22H27ClN4O2S/c25-20-13-21(32-22(20)15-31-11-3-5-18-4-1-2-9-27-18)24(30)29-14-16-6-7-19-17(12-16)8-10-28-23(19)26;1-29-13-16(12-28-29)3-2-8-31-14-21-19(24)10-20(32-21)23(30)27-11-15-4-5-18-17(9-15)6-7-26-22(18)25;23-18-12-19(31-20(18)14-30-10-2-9-28-8-1-6-27-28)22(29)26-13-15-3-4-17-16(11-15)5-7-25-21(17)24;1-27(2)9-3-4-10-29-14-20-18(23)12-19(30-20)22(28)26-13-15-5-6-17-16(11-15)7-8-25-21(17)24/h1-2,4,6-10,12-13H,3,5,11,14-15H2,(H2,26,28)(H,29,30);4-7,9-10,12-13H,2-3,8,11,14H2,1H3,(H2,25,26)(H,27,30);1,3-8,11-12H,2,9-10,13-14H2,(H2,24,25)(H,26,29);5-8,11-12H,3-4,9-10,13-14H2,1-2H3,(H2,24,25)(H,26,28). The maximum atomic E-state index is 12.6. The Kier molecular flexibility index (Phi) is 35.2. The predicted octanol–water partition coefficient (Wildman–Crippen LogP) is 17.9. The van der Waals surface area contributed by atoms with Gasteiger partial charge in [-0.25, -0.2) is 19.9 Å². The number of ether oxygens (including phenoxy) is 4. The summed E-state index contributed by atoms with van der Waals surface area (Å²) in [5, 5.41) is 29.9. The van der Waals surface area contributed by atoms with E-state index in [1.165, 1.54) is 50.9 Å². The molecule has 0 spiro atoms. The Morgan fingerprint density at radius 2 is 0.768 bits per heavy atom. The molecule has 11 heterocycles. The molecule has 0 aliphatic rings.